The quantitative estimate of drug-likeness (QED) is 0.475. The fraction of sp³-hybridized carbons (Fsp3) is 0.136. The van der Waals surface area contributed by atoms with Crippen molar-refractivity contribution in [1.82, 2.24) is 4.98 Å². The SMILES string of the molecule is CC(=O)c1cc2c(cc1NC=C(C#N)c1nc(-c3ccc(C)cc3)cs1)OCO2. The van der Waals surface area contributed by atoms with Crippen molar-refractivity contribution < 1.29 is 14.3 Å². The molecule has 2 aromatic carbocycles. The van der Waals surface area contributed by atoms with Gasteiger partial charge in [-0.25, -0.2) is 4.98 Å². The van der Waals surface area contributed by atoms with Crippen LogP contribution in [0.15, 0.2) is 48.0 Å². The number of thiazole rings is 1. The number of anilines is 1. The van der Waals surface area contributed by atoms with Gasteiger partial charge in [0.1, 0.15) is 16.6 Å². The van der Waals surface area contributed by atoms with E-state index >= 15 is 0 Å². The van der Waals surface area contributed by atoms with Gasteiger partial charge in [-0.2, -0.15) is 5.26 Å². The molecule has 29 heavy (non-hydrogen) atoms. The maximum atomic E-state index is 12.0. The number of hydrogen-bond acceptors (Lipinski definition) is 7. The van der Waals surface area contributed by atoms with Gasteiger partial charge >= 0.3 is 0 Å². The van der Waals surface area contributed by atoms with E-state index in [1.165, 1.54) is 23.8 Å². The Bertz CT molecular complexity index is 1160. The standard InChI is InChI=1S/C22H17N3O3S/c1-13-3-5-15(6-4-13)19-11-29-22(25-19)16(9-23)10-24-18-8-21-20(27-12-28-21)7-17(18)14(2)26/h3-8,10-11,24H,12H2,1-2H3. The van der Waals surface area contributed by atoms with Crippen LogP contribution in [-0.2, 0) is 0 Å². The fourth-order valence-electron chi connectivity index (χ4n) is 2.90. The molecule has 0 saturated heterocycles. The van der Waals surface area contributed by atoms with E-state index < -0.39 is 0 Å². The summed E-state index contributed by atoms with van der Waals surface area (Å²) in [5.74, 6) is 0.974. The molecule has 7 heteroatoms. The molecule has 0 fully saturated rings. The highest BCUT2D eigenvalue weighted by Gasteiger charge is 2.19. The van der Waals surface area contributed by atoms with Gasteiger partial charge in [-0.15, -0.1) is 11.3 Å². The van der Waals surface area contributed by atoms with Gasteiger partial charge in [0.05, 0.1) is 11.4 Å². The molecule has 0 atom stereocenters. The first-order chi connectivity index (χ1) is 14.0. The number of hydrogen-bond donors (Lipinski definition) is 1. The normalized spacial score (nSPS) is 12.5. The van der Waals surface area contributed by atoms with Crippen LogP contribution in [0.2, 0.25) is 0 Å². The number of allylic oxidation sites excluding steroid dienone is 1. The highest BCUT2D eigenvalue weighted by molar-refractivity contribution is 7.11. The number of Topliss-reactive ketones (excluding diaryl/α,β-unsaturated/α-hetero) is 1. The molecular weight excluding hydrogens is 386 g/mol. The molecule has 0 amide bonds. The lowest BCUT2D eigenvalue weighted by molar-refractivity contribution is 0.101. The Morgan fingerprint density at radius 2 is 1.97 bits per heavy atom. The highest BCUT2D eigenvalue weighted by Crippen LogP contribution is 2.37. The van der Waals surface area contributed by atoms with Crippen molar-refractivity contribution >= 4 is 28.4 Å². The largest absolute Gasteiger partial charge is 0.454 e. The molecule has 0 spiro atoms. The number of benzene rings is 2. The molecule has 144 valence electrons. The highest BCUT2D eigenvalue weighted by atomic mass is 32.1. The molecular formula is C22H17N3O3S. The molecule has 3 aromatic rings. The van der Waals surface area contributed by atoms with Crippen LogP contribution in [0.3, 0.4) is 0 Å². The third kappa shape index (κ3) is 3.84. The molecule has 0 aliphatic carbocycles. The maximum Gasteiger partial charge on any atom is 0.231 e. The summed E-state index contributed by atoms with van der Waals surface area (Å²) < 4.78 is 10.7. The number of rotatable bonds is 5. The van der Waals surface area contributed by atoms with Crippen molar-refractivity contribution in [3.63, 3.8) is 0 Å². The molecule has 1 aromatic heterocycles. The van der Waals surface area contributed by atoms with Crippen molar-refractivity contribution in [2.24, 2.45) is 0 Å². The molecule has 0 unspecified atom stereocenters. The Balaban J connectivity index is 1.62. The van der Waals surface area contributed by atoms with Crippen LogP contribution in [0.4, 0.5) is 5.69 Å². The minimum Gasteiger partial charge on any atom is -0.454 e. The van der Waals surface area contributed by atoms with Crippen LogP contribution in [0.5, 0.6) is 11.5 Å². The first-order valence-corrected chi connectivity index (χ1v) is 9.77. The number of carbonyl (C=O) groups excluding carboxylic acids is 1. The molecule has 4 rings (SSSR count). The number of nitriles is 1. The van der Waals surface area contributed by atoms with Gasteiger partial charge in [-0.1, -0.05) is 29.8 Å². The third-order valence-corrected chi connectivity index (χ3v) is 5.34. The number of nitrogens with one attached hydrogen (secondary N) is 1. The first kappa shape index (κ1) is 18.7. The summed E-state index contributed by atoms with van der Waals surface area (Å²) >= 11 is 1.39. The zero-order valence-electron chi connectivity index (χ0n) is 15.9. The van der Waals surface area contributed by atoms with E-state index in [-0.39, 0.29) is 12.6 Å². The number of ether oxygens (including phenoxy) is 2. The van der Waals surface area contributed by atoms with Crippen molar-refractivity contribution in [2.75, 3.05) is 12.1 Å². The number of carbonyl (C=O) groups is 1. The lowest BCUT2D eigenvalue weighted by Crippen LogP contribution is -2.00. The van der Waals surface area contributed by atoms with Crippen molar-refractivity contribution in [3.05, 3.63) is 64.1 Å². The summed E-state index contributed by atoms with van der Waals surface area (Å²) in [5.41, 5.74) is 4.38. The van der Waals surface area contributed by atoms with Crippen LogP contribution in [-0.4, -0.2) is 17.6 Å². The van der Waals surface area contributed by atoms with Gasteiger partial charge in [0, 0.05) is 28.8 Å². The van der Waals surface area contributed by atoms with Gasteiger partial charge in [-0.3, -0.25) is 4.79 Å². The molecule has 1 N–H and O–H groups in total. The van der Waals surface area contributed by atoms with Crippen LogP contribution in [0, 0.1) is 18.3 Å². The maximum absolute atomic E-state index is 12.0. The zero-order valence-corrected chi connectivity index (χ0v) is 16.7. The van der Waals surface area contributed by atoms with Gasteiger partial charge < -0.3 is 14.8 Å². The molecule has 2 heterocycles. The van der Waals surface area contributed by atoms with Gasteiger partial charge in [0.2, 0.25) is 6.79 Å². The Labute approximate surface area is 172 Å². The molecule has 1 aliphatic heterocycles. The lowest BCUT2D eigenvalue weighted by atomic mass is 10.1. The first-order valence-electron chi connectivity index (χ1n) is 8.89. The van der Waals surface area contributed by atoms with E-state index in [1.807, 2.05) is 36.6 Å². The molecule has 0 radical (unpaired) electrons. The third-order valence-electron chi connectivity index (χ3n) is 4.47. The van der Waals surface area contributed by atoms with Crippen LogP contribution in [0.1, 0.15) is 27.9 Å². The van der Waals surface area contributed by atoms with Gasteiger partial charge in [0.15, 0.2) is 17.3 Å². The summed E-state index contributed by atoms with van der Waals surface area (Å²) in [7, 11) is 0. The second kappa shape index (κ2) is 7.78. The number of ketones is 1. The van der Waals surface area contributed by atoms with E-state index in [1.54, 1.807) is 18.3 Å². The fourth-order valence-corrected chi connectivity index (χ4v) is 3.69. The number of aromatic nitrogens is 1. The number of nitrogens with zero attached hydrogens (tertiary/aromatic N) is 2. The average Bonchev–Trinajstić information content (AvgIpc) is 3.37. The van der Waals surface area contributed by atoms with Crippen molar-refractivity contribution in [3.8, 4) is 28.8 Å². The predicted molar refractivity (Wildman–Crippen MR) is 112 cm³/mol. The van der Waals surface area contributed by atoms with E-state index in [2.05, 4.69) is 16.4 Å². The monoisotopic (exact) mass is 403 g/mol. The second-order valence-corrected chi connectivity index (χ2v) is 7.38. The minimum absolute atomic E-state index is 0.117. The average molecular weight is 403 g/mol. The van der Waals surface area contributed by atoms with Crippen molar-refractivity contribution in [1.29, 1.82) is 5.26 Å². The number of aryl methyl sites for hydroxylation is 1. The summed E-state index contributed by atoms with van der Waals surface area (Å²) in [6.45, 7) is 3.63. The van der Waals surface area contributed by atoms with E-state index in [0.717, 1.165) is 11.3 Å². The minimum atomic E-state index is -0.117. The smallest absolute Gasteiger partial charge is 0.231 e. The molecule has 0 saturated carbocycles. The number of fused-ring (bicyclic) bond motifs is 1. The Morgan fingerprint density at radius 1 is 1.24 bits per heavy atom. The molecule has 6 nitrogen and oxygen atoms in total. The Morgan fingerprint density at radius 3 is 2.66 bits per heavy atom. The molecule has 0 bridgehead atoms. The summed E-state index contributed by atoms with van der Waals surface area (Å²) in [6.07, 6.45) is 1.56. The predicted octanol–water partition coefficient (Wildman–Crippen LogP) is 5.03. The van der Waals surface area contributed by atoms with Crippen LogP contribution < -0.4 is 14.8 Å². The van der Waals surface area contributed by atoms with Crippen LogP contribution >= 0.6 is 11.3 Å². The summed E-state index contributed by atoms with van der Waals surface area (Å²) in [4.78, 5) is 16.6. The van der Waals surface area contributed by atoms with Gasteiger partial charge in [-0.05, 0) is 19.9 Å². The summed E-state index contributed by atoms with van der Waals surface area (Å²) in [6, 6.07) is 13.6. The lowest BCUT2D eigenvalue weighted by Gasteiger charge is -2.08. The van der Waals surface area contributed by atoms with E-state index in [0.29, 0.717) is 33.3 Å². The topological polar surface area (TPSA) is 84.2 Å². The van der Waals surface area contributed by atoms with E-state index in [9.17, 15) is 10.1 Å². The molecule has 1 aliphatic rings. The van der Waals surface area contributed by atoms with Crippen LogP contribution in [0.25, 0.3) is 16.8 Å². The van der Waals surface area contributed by atoms with Gasteiger partial charge in [0.25, 0.3) is 0 Å². The zero-order chi connectivity index (χ0) is 20.4. The Kier molecular flexibility index (Phi) is 5.02. The van der Waals surface area contributed by atoms with E-state index in [4.69, 9.17) is 9.47 Å². The van der Waals surface area contributed by atoms with Crippen molar-refractivity contribution in [2.45, 2.75) is 13.8 Å². The second-order valence-electron chi connectivity index (χ2n) is 6.53. The Hall–Kier alpha value is -3.63. The summed E-state index contributed by atoms with van der Waals surface area (Å²) in [5, 5.41) is 15.2.